The van der Waals surface area contributed by atoms with E-state index < -0.39 is 11.6 Å². The maximum atomic E-state index is 13.6. The Balaban J connectivity index is 1.94. The minimum absolute atomic E-state index is 0.0556. The highest BCUT2D eigenvalue weighted by atomic mass is 19.1. The van der Waals surface area contributed by atoms with Crippen LogP contribution in [-0.4, -0.2) is 33.3 Å². The van der Waals surface area contributed by atoms with Crippen molar-refractivity contribution in [3.05, 3.63) is 59.2 Å². The van der Waals surface area contributed by atoms with Gasteiger partial charge in [0.1, 0.15) is 18.2 Å². The molecule has 152 valence electrons. The smallest absolute Gasteiger partial charge is 0.220 e. The van der Waals surface area contributed by atoms with Crippen molar-refractivity contribution in [3.63, 3.8) is 0 Å². The summed E-state index contributed by atoms with van der Waals surface area (Å²) >= 11 is 0. The van der Waals surface area contributed by atoms with Gasteiger partial charge in [-0.2, -0.15) is 0 Å². The monoisotopic (exact) mass is 393 g/mol. The van der Waals surface area contributed by atoms with Crippen molar-refractivity contribution < 1.29 is 27.8 Å². The second kappa shape index (κ2) is 10.6. The zero-order valence-corrected chi connectivity index (χ0v) is 16.3. The lowest BCUT2D eigenvalue weighted by Crippen LogP contribution is -2.27. The topological polar surface area (TPSA) is 56.8 Å². The number of benzene rings is 2. The van der Waals surface area contributed by atoms with Crippen LogP contribution in [0.25, 0.3) is 0 Å². The third-order valence-electron chi connectivity index (χ3n) is 4.24. The van der Waals surface area contributed by atoms with Crippen molar-refractivity contribution in [2.75, 3.05) is 27.4 Å². The molecule has 0 fully saturated rings. The van der Waals surface area contributed by atoms with Gasteiger partial charge in [-0.05, 0) is 54.8 Å². The molecule has 0 spiro atoms. The summed E-state index contributed by atoms with van der Waals surface area (Å²) in [7, 11) is 3.13. The van der Waals surface area contributed by atoms with Gasteiger partial charge in [0.25, 0.3) is 0 Å². The molecule has 0 saturated carbocycles. The lowest BCUT2D eigenvalue weighted by Gasteiger charge is -2.17. The highest BCUT2D eigenvalue weighted by molar-refractivity contribution is 5.76. The summed E-state index contributed by atoms with van der Waals surface area (Å²) in [6, 6.07) is 8.34. The second-order valence-electron chi connectivity index (χ2n) is 6.28. The third-order valence-corrected chi connectivity index (χ3v) is 4.24. The summed E-state index contributed by atoms with van der Waals surface area (Å²) in [5.41, 5.74) is 1.02. The Morgan fingerprint density at radius 3 is 2.57 bits per heavy atom. The Kier molecular flexibility index (Phi) is 8.19. The molecule has 1 unspecified atom stereocenters. The zero-order valence-electron chi connectivity index (χ0n) is 16.3. The van der Waals surface area contributed by atoms with Crippen molar-refractivity contribution in [1.82, 2.24) is 5.32 Å². The Bertz CT molecular complexity index is 798. The van der Waals surface area contributed by atoms with Gasteiger partial charge in [-0.3, -0.25) is 4.79 Å². The van der Waals surface area contributed by atoms with Crippen LogP contribution in [0.15, 0.2) is 36.4 Å². The number of hydrogen-bond acceptors (Lipinski definition) is 4. The molecule has 2 rings (SSSR count). The first kappa shape index (κ1) is 21.6. The van der Waals surface area contributed by atoms with E-state index in [9.17, 15) is 13.6 Å². The number of aryl methyl sites for hydroxylation is 1. The van der Waals surface area contributed by atoms with Crippen molar-refractivity contribution >= 4 is 5.91 Å². The first-order valence-electron chi connectivity index (χ1n) is 8.97. The molecule has 7 heteroatoms. The van der Waals surface area contributed by atoms with Gasteiger partial charge in [-0.15, -0.1) is 0 Å². The second-order valence-corrected chi connectivity index (χ2v) is 6.28. The molecular formula is C21H25F2NO4. The summed E-state index contributed by atoms with van der Waals surface area (Å²) in [5, 5.41) is 2.85. The predicted octanol–water partition coefficient (Wildman–Crippen LogP) is 3.81. The number of carbonyl (C=O) groups excluding carboxylic acids is 1. The maximum Gasteiger partial charge on any atom is 0.220 e. The van der Waals surface area contributed by atoms with Crippen molar-refractivity contribution in [1.29, 1.82) is 0 Å². The number of amides is 1. The van der Waals surface area contributed by atoms with Gasteiger partial charge in [0, 0.05) is 13.5 Å². The lowest BCUT2D eigenvalue weighted by atomic mass is 10.1. The molecule has 1 N–H and O–H groups in total. The van der Waals surface area contributed by atoms with E-state index in [1.807, 2.05) is 13.0 Å². The van der Waals surface area contributed by atoms with E-state index in [2.05, 4.69) is 5.32 Å². The Hall–Kier alpha value is -2.67. The standard InChI is InChI=1S/C21H25F2NO4/c1-14(15-4-8-19(20(13-15)27-3)28-11-10-26-2)24-21(25)9-5-16-12-17(22)6-7-18(16)23/h4,6-8,12-14H,5,9-11H2,1-3H3,(H,24,25). The molecule has 0 heterocycles. The number of carbonyl (C=O) groups is 1. The number of rotatable bonds is 10. The number of methoxy groups -OCH3 is 2. The van der Waals surface area contributed by atoms with Crippen LogP contribution in [-0.2, 0) is 16.0 Å². The Morgan fingerprint density at radius 1 is 1.07 bits per heavy atom. The van der Waals surface area contributed by atoms with Gasteiger partial charge >= 0.3 is 0 Å². The zero-order chi connectivity index (χ0) is 20.5. The summed E-state index contributed by atoms with van der Waals surface area (Å²) in [6.45, 7) is 2.69. The highest BCUT2D eigenvalue weighted by Crippen LogP contribution is 2.30. The number of nitrogens with one attached hydrogen (secondary N) is 1. The lowest BCUT2D eigenvalue weighted by molar-refractivity contribution is -0.121. The van der Waals surface area contributed by atoms with Crippen LogP contribution in [0.1, 0.15) is 30.5 Å². The molecule has 5 nitrogen and oxygen atoms in total. The molecule has 0 saturated heterocycles. The quantitative estimate of drug-likeness (QED) is 0.624. The largest absolute Gasteiger partial charge is 0.493 e. The SMILES string of the molecule is COCCOc1ccc(C(C)NC(=O)CCc2cc(F)ccc2F)cc1OC. The van der Waals surface area contributed by atoms with Gasteiger partial charge < -0.3 is 19.5 Å². The molecule has 1 atom stereocenters. The van der Waals surface area contributed by atoms with E-state index in [4.69, 9.17) is 14.2 Å². The average molecular weight is 393 g/mol. The Labute approximate surface area is 163 Å². The normalized spacial score (nSPS) is 11.8. The summed E-state index contributed by atoms with van der Waals surface area (Å²) in [4.78, 5) is 12.2. The first-order valence-corrected chi connectivity index (χ1v) is 8.97. The van der Waals surface area contributed by atoms with E-state index in [-0.39, 0.29) is 30.4 Å². The van der Waals surface area contributed by atoms with Crippen molar-refractivity contribution in [3.8, 4) is 11.5 Å². The molecule has 2 aromatic carbocycles. The van der Waals surface area contributed by atoms with Gasteiger partial charge in [-0.1, -0.05) is 6.07 Å². The molecule has 0 aliphatic rings. The van der Waals surface area contributed by atoms with Crippen LogP contribution in [0.3, 0.4) is 0 Å². The summed E-state index contributed by atoms with van der Waals surface area (Å²) in [5.74, 6) is -0.156. The number of hydrogen-bond donors (Lipinski definition) is 1. The first-order chi connectivity index (χ1) is 13.4. The molecule has 0 bridgehead atoms. The average Bonchev–Trinajstić information content (AvgIpc) is 2.69. The molecule has 1 amide bonds. The molecule has 28 heavy (non-hydrogen) atoms. The molecule has 0 aromatic heterocycles. The Morgan fingerprint density at radius 2 is 1.86 bits per heavy atom. The van der Waals surface area contributed by atoms with Crippen LogP contribution in [0, 0.1) is 11.6 Å². The third kappa shape index (κ3) is 6.20. The predicted molar refractivity (Wildman–Crippen MR) is 102 cm³/mol. The van der Waals surface area contributed by atoms with Gasteiger partial charge in [0.15, 0.2) is 11.5 Å². The van der Waals surface area contributed by atoms with Crippen LogP contribution >= 0.6 is 0 Å². The fourth-order valence-corrected chi connectivity index (χ4v) is 2.69. The summed E-state index contributed by atoms with van der Waals surface area (Å²) in [6.07, 6.45) is 0.178. The molecule has 0 radical (unpaired) electrons. The van der Waals surface area contributed by atoms with Gasteiger partial charge in [0.2, 0.25) is 5.91 Å². The maximum absolute atomic E-state index is 13.6. The van der Waals surface area contributed by atoms with E-state index in [1.54, 1.807) is 26.4 Å². The fourth-order valence-electron chi connectivity index (χ4n) is 2.69. The summed E-state index contributed by atoms with van der Waals surface area (Å²) < 4.78 is 42.7. The number of halogens is 2. The molecular weight excluding hydrogens is 368 g/mol. The molecule has 0 aliphatic carbocycles. The van der Waals surface area contributed by atoms with E-state index in [1.165, 1.54) is 0 Å². The van der Waals surface area contributed by atoms with Crippen molar-refractivity contribution in [2.24, 2.45) is 0 Å². The van der Waals surface area contributed by atoms with Crippen LogP contribution in [0.5, 0.6) is 11.5 Å². The minimum atomic E-state index is -0.523. The molecule has 0 aliphatic heterocycles. The number of ether oxygens (including phenoxy) is 3. The van der Waals surface area contributed by atoms with Crippen molar-refractivity contribution in [2.45, 2.75) is 25.8 Å². The van der Waals surface area contributed by atoms with E-state index in [0.29, 0.717) is 24.7 Å². The minimum Gasteiger partial charge on any atom is -0.493 e. The van der Waals surface area contributed by atoms with E-state index in [0.717, 1.165) is 23.8 Å². The van der Waals surface area contributed by atoms with Gasteiger partial charge in [-0.25, -0.2) is 8.78 Å². The highest BCUT2D eigenvalue weighted by Gasteiger charge is 2.14. The molecule has 2 aromatic rings. The van der Waals surface area contributed by atoms with E-state index >= 15 is 0 Å². The fraction of sp³-hybridized carbons (Fsp3) is 0.381. The van der Waals surface area contributed by atoms with Crippen LogP contribution in [0.4, 0.5) is 8.78 Å². The van der Waals surface area contributed by atoms with Crippen LogP contribution < -0.4 is 14.8 Å². The van der Waals surface area contributed by atoms with Gasteiger partial charge in [0.05, 0.1) is 19.8 Å². The van der Waals surface area contributed by atoms with Crippen LogP contribution in [0.2, 0.25) is 0 Å².